The summed E-state index contributed by atoms with van der Waals surface area (Å²) in [6.45, 7) is 0.217. The van der Waals surface area contributed by atoms with Crippen LogP contribution in [-0.2, 0) is 7.05 Å². The van der Waals surface area contributed by atoms with Crippen LogP contribution in [0.3, 0.4) is 0 Å². The quantitative estimate of drug-likeness (QED) is 0.682. The molecule has 0 amide bonds. The van der Waals surface area contributed by atoms with E-state index in [1.54, 1.807) is 25.5 Å². The Bertz CT molecular complexity index is 992. The summed E-state index contributed by atoms with van der Waals surface area (Å²) >= 11 is 0. The summed E-state index contributed by atoms with van der Waals surface area (Å²) < 4.78 is 12.1. The third-order valence-electron chi connectivity index (χ3n) is 3.74. The highest BCUT2D eigenvalue weighted by Crippen LogP contribution is 2.34. The Kier molecular flexibility index (Phi) is 3.08. The Morgan fingerprint density at radius 2 is 2.04 bits per heavy atom. The summed E-state index contributed by atoms with van der Waals surface area (Å²) in [4.78, 5) is 16.6. The fourth-order valence-electron chi connectivity index (χ4n) is 2.55. The SMILES string of the molecule is Cn1ncc2c(/N=C/c3cccc4c3OCO4)cccc2c1=O. The van der Waals surface area contributed by atoms with Crippen molar-refractivity contribution in [2.24, 2.45) is 12.0 Å². The van der Waals surface area contributed by atoms with Crippen molar-refractivity contribution in [2.45, 2.75) is 0 Å². The summed E-state index contributed by atoms with van der Waals surface area (Å²) in [6, 6.07) is 11.1. The molecule has 1 aliphatic rings. The maximum Gasteiger partial charge on any atom is 0.274 e. The predicted molar refractivity (Wildman–Crippen MR) is 86.8 cm³/mol. The molecule has 1 aliphatic heterocycles. The number of fused-ring (bicyclic) bond motifs is 2. The van der Waals surface area contributed by atoms with Crippen molar-refractivity contribution in [3.63, 3.8) is 0 Å². The van der Waals surface area contributed by atoms with Gasteiger partial charge < -0.3 is 9.47 Å². The Morgan fingerprint density at radius 3 is 2.96 bits per heavy atom. The van der Waals surface area contributed by atoms with Gasteiger partial charge in [-0.25, -0.2) is 4.68 Å². The first kappa shape index (κ1) is 13.5. The fraction of sp³-hybridized carbons (Fsp3) is 0.118. The van der Waals surface area contributed by atoms with Crippen LogP contribution < -0.4 is 15.0 Å². The minimum Gasteiger partial charge on any atom is -0.454 e. The van der Waals surface area contributed by atoms with E-state index in [-0.39, 0.29) is 12.4 Å². The first-order valence-electron chi connectivity index (χ1n) is 7.12. The van der Waals surface area contributed by atoms with Gasteiger partial charge in [0.15, 0.2) is 11.5 Å². The van der Waals surface area contributed by atoms with Crippen LogP contribution in [-0.4, -0.2) is 22.8 Å². The molecule has 0 unspecified atom stereocenters. The van der Waals surface area contributed by atoms with Crippen LogP contribution in [0.25, 0.3) is 10.8 Å². The molecule has 0 radical (unpaired) electrons. The molecule has 0 saturated heterocycles. The molecule has 6 heteroatoms. The van der Waals surface area contributed by atoms with Gasteiger partial charge >= 0.3 is 0 Å². The average molecular weight is 307 g/mol. The van der Waals surface area contributed by atoms with E-state index < -0.39 is 0 Å². The van der Waals surface area contributed by atoms with Crippen molar-refractivity contribution in [3.05, 3.63) is 58.5 Å². The first-order valence-corrected chi connectivity index (χ1v) is 7.12. The molecule has 0 saturated carbocycles. The normalized spacial score (nSPS) is 13.1. The van der Waals surface area contributed by atoms with Crippen LogP contribution in [0.1, 0.15) is 5.56 Å². The number of nitrogens with zero attached hydrogens (tertiary/aromatic N) is 3. The molecule has 0 spiro atoms. The van der Waals surface area contributed by atoms with Crippen LogP contribution in [0, 0.1) is 0 Å². The summed E-state index contributed by atoms with van der Waals surface area (Å²) in [5.74, 6) is 1.40. The molecule has 4 rings (SSSR count). The topological polar surface area (TPSA) is 65.7 Å². The van der Waals surface area contributed by atoms with Gasteiger partial charge in [-0.2, -0.15) is 5.10 Å². The maximum absolute atomic E-state index is 12.1. The molecule has 0 fully saturated rings. The second-order valence-electron chi connectivity index (χ2n) is 5.15. The van der Waals surface area contributed by atoms with Gasteiger partial charge in [-0.1, -0.05) is 12.1 Å². The lowest BCUT2D eigenvalue weighted by Gasteiger charge is -2.03. The van der Waals surface area contributed by atoms with Gasteiger partial charge in [-0.15, -0.1) is 0 Å². The molecule has 0 atom stereocenters. The van der Waals surface area contributed by atoms with Crippen molar-refractivity contribution >= 4 is 22.7 Å². The van der Waals surface area contributed by atoms with Gasteiger partial charge in [0.25, 0.3) is 5.56 Å². The average Bonchev–Trinajstić information content (AvgIpc) is 3.05. The zero-order chi connectivity index (χ0) is 15.8. The third kappa shape index (κ3) is 2.24. The number of aliphatic imine (C=N–C) groups is 1. The Hall–Kier alpha value is -3.15. The highest BCUT2D eigenvalue weighted by Gasteiger charge is 2.16. The zero-order valence-electron chi connectivity index (χ0n) is 12.4. The minimum absolute atomic E-state index is 0.142. The summed E-state index contributed by atoms with van der Waals surface area (Å²) in [5, 5.41) is 5.38. The van der Waals surface area contributed by atoms with Crippen molar-refractivity contribution in [1.29, 1.82) is 0 Å². The van der Waals surface area contributed by atoms with Crippen LogP contribution in [0.4, 0.5) is 5.69 Å². The lowest BCUT2D eigenvalue weighted by molar-refractivity contribution is 0.174. The highest BCUT2D eigenvalue weighted by atomic mass is 16.7. The number of hydrogen-bond acceptors (Lipinski definition) is 5. The molecule has 3 aromatic rings. The van der Waals surface area contributed by atoms with Gasteiger partial charge in [0.2, 0.25) is 6.79 Å². The minimum atomic E-state index is -0.142. The molecule has 1 aromatic heterocycles. The molecule has 0 bridgehead atoms. The number of aryl methyl sites for hydroxylation is 1. The van der Waals surface area contributed by atoms with Crippen molar-refractivity contribution in [3.8, 4) is 11.5 Å². The number of hydrogen-bond donors (Lipinski definition) is 0. The molecule has 2 aromatic carbocycles. The summed E-state index contributed by atoms with van der Waals surface area (Å²) in [7, 11) is 1.63. The molecule has 114 valence electrons. The lowest BCUT2D eigenvalue weighted by atomic mass is 10.1. The fourth-order valence-corrected chi connectivity index (χ4v) is 2.55. The molecule has 0 N–H and O–H groups in total. The molecular weight excluding hydrogens is 294 g/mol. The molecule has 2 heterocycles. The van der Waals surface area contributed by atoms with Gasteiger partial charge in [0.1, 0.15) is 0 Å². The van der Waals surface area contributed by atoms with E-state index in [1.165, 1.54) is 4.68 Å². The standard InChI is InChI=1S/C17H13N3O3/c1-20-17(21)12-5-3-6-14(13(12)9-19-20)18-8-11-4-2-7-15-16(11)23-10-22-15/h2-9H,10H2,1H3/b18-8+. The van der Waals surface area contributed by atoms with E-state index >= 15 is 0 Å². The van der Waals surface area contributed by atoms with E-state index in [0.29, 0.717) is 22.6 Å². The molecule has 23 heavy (non-hydrogen) atoms. The van der Waals surface area contributed by atoms with Gasteiger partial charge in [-0.3, -0.25) is 9.79 Å². The molecule has 0 aliphatic carbocycles. The van der Waals surface area contributed by atoms with E-state index in [0.717, 1.165) is 10.9 Å². The predicted octanol–water partition coefficient (Wildman–Crippen LogP) is 2.41. The second kappa shape index (κ2) is 5.24. The van der Waals surface area contributed by atoms with Crippen LogP contribution in [0.2, 0.25) is 0 Å². The van der Waals surface area contributed by atoms with Crippen molar-refractivity contribution in [1.82, 2.24) is 9.78 Å². The highest BCUT2D eigenvalue weighted by molar-refractivity contribution is 5.95. The monoisotopic (exact) mass is 307 g/mol. The van der Waals surface area contributed by atoms with Crippen molar-refractivity contribution in [2.75, 3.05) is 6.79 Å². The van der Waals surface area contributed by atoms with E-state index in [2.05, 4.69) is 10.1 Å². The van der Waals surface area contributed by atoms with Gasteiger partial charge in [-0.05, 0) is 24.3 Å². The molecular formula is C17H13N3O3. The molecule has 6 nitrogen and oxygen atoms in total. The number of para-hydroxylation sites is 1. The van der Waals surface area contributed by atoms with Crippen LogP contribution >= 0.6 is 0 Å². The van der Waals surface area contributed by atoms with E-state index in [4.69, 9.17) is 9.47 Å². The third-order valence-corrected chi connectivity index (χ3v) is 3.74. The van der Waals surface area contributed by atoms with E-state index in [9.17, 15) is 4.79 Å². The summed E-state index contributed by atoms with van der Waals surface area (Å²) in [5.41, 5.74) is 1.37. The first-order chi connectivity index (χ1) is 11.2. The smallest absolute Gasteiger partial charge is 0.274 e. The summed E-state index contributed by atoms with van der Waals surface area (Å²) in [6.07, 6.45) is 3.36. The van der Waals surface area contributed by atoms with Crippen LogP contribution in [0.15, 0.2) is 52.4 Å². The van der Waals surface area contributed by atoms with Gasteiger partial charge in [0.05, 0.1) is 17.3 Å². The Morgan fingerprint density at radius 1 is 1.17 bits per heavy atom. The number of aromatic nitrogens is 2. The maximum atomic E-state index is 12.1. The number of benzene rings is 2. The zero-order valence-corrected chi connectivity index (χ0v) is 12.4. The Balaban J connectivity index is 1.81. The van der Waals surface area contributed by atoms with Gasteiger partial charge in [0, 0.05) is 24.2 Å². The number of rotatable bonds is 2. The largest absolute Gasteiger partial charge is 0.454 e. The lowest BCUT2D eigenvalue weighted by Crippen LogP contribution is -2.18. The number of ether oxygens (including phenoxy) is 2. The van der Waals surface area contributed by atoms with E-state index in [1.807, 2.05) is 30.3 Å². The van der Waals surface area contributed by atoms with Crippen LogP contribution in [0.5, 0.6) is 11.5 Å². The second-order valence-corrected chi connectivity index (χ2v) is 5.15. The Labute approximate surface area is 131 Å². The van der Waals surface area contributed by atoms with Crippen molar-refractivity contribution < 1.29 is 9.47 Å².